The maximum absolute atomic E-state index is 11.8. The van der Waals surface area contributed by atoms with E-state index in [9.17, 15) is 4.79 Å². The first-order chi connectivity index (χ1) is 8.22. The minimum atomic E-state index is 0.0607. The molecule has 1 heterocycles. The molecule has 5 nitrogen and oxygen atoms in total. The van der Waals surface area contributed by atoms with Gasteiger partial charge in [-0.3, -0.25) is 4.79 Å². The number of hydrogen-bond donors (Lipinski definition) is 3. The molecule has 88 valence electrons. The number of benzene rings is 1. The number of rotatable bonds is 2. The Hall–Kier alpha value is -1.88. The van der Waals surface area contributed by atoms with Gasteiger partial charge in [0, 0.05) is 17.6 Å². The maximum Gasteiger partial charge on any atom is 0.227 e. The van der Waals surface area contributed by atoms with Gasteiger partial charge in [0.25, 0.3) is 0 Å². The number of nitrogens with one attached hydrogen (secondary N) is 2. The monoisotopic (exact) mass is 230 g/mol. The van der Waals surface area contributed by atoms with Crippen molar-refractivity contribution in [2.75, 3.05) is 5.32 Å². The largest absolute Gasteiger partial charge is 0.345 e. The van der Waals surface area contributed by atoms with Crippen LogP contribution >= 0.6 is 0 Å². The molecule has 0 radical (unpaired) electrons. The van der Waals surface area contributed by atoms with Gasteiger partial charge in [-0.05, 0) is 31.0 Å². The van der Waals surface area contributed by atoms with E-state index >= 15 is 0 Å². The molecular formula is C12H14N4O. The number of nitrogens with two attached hydrogens (primary N) is 1. The molecule has 1 aromatic carbocycles. The van der Waals surface area contributed by atoms with Crippen molar-refractivity contribution in [1.29, 1.82) is 0 Å². The summed E-state index contributed by atoms with van der Waals surface area (Å²) in [5, 5.41) is 2.90. The van der Waals surface area contributed by atoms with Crippen LogP contribution in [0.5, 0.6) is 0 Å². The van der Waals surface area contributed by atoms with Gasteiger partial charge in [0.1, 0.15) is 0 Å². The molecule has 1 amide bonds. The Morgan fingerprint density at radius 2 is 2.29 bits per heavy atom. The number of H-pyrrole nitrogens is 1. The Kier molecular flexibility index (Phi) is 2.33. The predicted octanol–water partition coefficient (Wildman–Crippen LogP) is 1.24. The topological polar surface area (TPSA) is 83.8 Å². The molecule has 3 rings (SSSR count). The van der Waals surface area contributed by atoms with Crippen LogP contribution in [0.25, 0.3) is 11.0 Å². The average Bonchev–Trinajstić information content (AvgIpc) is 2.71. The van der Waals surface area contributed by atoms with Gasteiger partial charge in [-0.1, -0.05) is 0 Å². The van der Waals surface area contributed by atoms with Crippen molar-refractivity contribution >= 4 is 22.6 Å². The van der Waals surface area contributed by atoms with Gasteiger partial charge >= 0.3 is 0 Å². The second kappa shape index (κ2) is 3.85. The van der Waals surface area contributed by atoms with E-state index in [1.54, 1.807) is 6.33 Å². The van der Waals surface area contributed by atoms with Crippen molar-refractivity contribution in [3.05, 3.63) is 24.5 Å². The summed E-state index contributed by atoms with van der Waals surface area (Å²) in [7, 11) is 0. The molecule has 1 aliphatic rings. The van der Waals surface area contributed by atoms with Gasteiger partial charge in [0.15, 0.2) is 0 Å². The first-order valence-corrected chi connectivity index (χ1v) is 5.72. The Bertz CT molecular complexity index is 556. The van der Waals surface area contributed by atoms with E-state index in [0.717, 1.165) is 29.6 Å². The molecule has 2 aromatic rings. The van der Waals surface area contributed by atoms with Crippen LogP contribution in [0.4, 0.5) is 5.69 Å². The van der Waals surface area contributed by atoms with E-state index in [2.05, 4.69) is 15.3 Å². The SMILES string of the molecule is NC1CC(C(=O)Nc2ccc3nc[nH]c3c2)C1. The summed E-state index contributed by atoms with van der Waals surface area (Å²) >= 11 is 0. The zero-order valence-corrected chi connectivity index (χ0v) is 9.31. The molecule has 0 atom stereocenters. The van der Waals surface area contributed by atoms with Gasteiger partial charge < -0.3 is 16.0 Å². The standard InChI is InChI=1S/C12H14N4O/c13-8-3-7(4-8)12(17)16-9-1-2-10-11(5-9)15-6-14-10/h1-2,5-8H,3-4,13H2,(H,14,15)(H,16,17). The lowest BCUT2D eigenvalue weighted by Crippen LogP contribution is -2.42. The zero-order chi connectivity index (χ0) is 11.8. The summed E-state index contributed by atoms with van der Waals surface area (Å²) in [6.07, 6.45) is 3.22. The lowest BCUT2D eigenvalue weighted by atomic mass is 9.80. The van der Waals surface area contributed by atoms with E-state index in [-0.39, 0.29) is 17.9 Å². The van der Waals surface area contributed by atoms with E-state index < -0.39 is 0 Å². The van der Waals surface area contributed by atoms with Gasteiger partial charge in [-0.2, -0.15) is 0 Å². The lowest BCUT2D eigenvalue weighted by Gasteiger charge is -2.31. The zero-order valence-electron chi connectivity index (χ0n) is 9.31. The summed E-state index contributed by atoms with van der Waals surface area (Å²) in [5.74, 6) is 0.132. The highest BCUT2D eigenvalue weighted by atomic mass is 16.1. The molecule has 1 aromatic heterocycles. The van der Waals surface area contributed by atoms with E-state index in [4.69, 9.17) is 5.73 Å². The van der Waals surface area contributed by atoms with Crippen LogP contribution in [-0.2, 0) is 4.79 Å². The van der Waals surface area contributed by atoms with Crippen LogP contribution in [0, 0.1) is 5.92 Å². The molecule has 17 heavy (non-hydrogen) atoms. The Morgan fingerprint density at radius 3 is 3.06 bits per heavy atom. The number of imidazole rings is 1. The van der Waals surface area contributed by atoms with E-state index in [0.29, 0.717) is 0 Å². The molecule has 0 spiro atoms. The van der Waals surface area contributed by atoms with Crippen LogP contribution in [-0.4, -0.2) is 21.9 Å². The number of aromatic nitrogens is 2. The quantitative estimate of drug-likeness (QED) is 0.725. The van der Waals surface area contributed by atoms with E-state index in [1.165, 1.54) is 0 Å². The molecule has 1 saturated carbocycles. The number of amides is 1. The molecule has 0 saturated heterocycles. The van der Waals surface area contributed by atoms with Crippen LogP contribution in [0.3, 0.4) is 0 Å². The number of nitrogens with zero attached hydrogens (tertiary/aromatic N) is 1. The number of fused-ring (bicyclic) bond motifs is 1. The van der Waals surface area contributed by atoms with Crippen molar-refractivity contribution in [3.63, 3.8) is 0 Å². The smallest absolute Gasteiger partial charge is 0.227 e. The van der Waals surface area contributed by atoms with Gasteiger partial charge in [0.05, 0.1) is 17.4 Å². The third kappa shape index (κ3) is 1.89. The maximum atomic E-state index is 11.8. The Morgan fingerprint density at radius 1 is 1.47 bits per heavy atom. The second-order valence-corrected chi connectivity index (χ2v) is 4.55. The minimum absolute atomic E-state index is 0.0607. The molecule has 5 heteroatoms. The average molecular weight is 230 g/mol. The van der Waals surface area contributed by atoms with Crippen molar-refractivity contribution < 1.29 is 4.79 Å². The normalized spacial score (nSPS) is 23.4. The van der Waals surface area contributed by atoms with Crippen molar-refractivity contribution in [2.24, 2.45) is 11.7 Å². The number of carbonyl (C=O) groups excluding carboxylic acids is 1. The minimum Gasteiger partial charge on any atom is -0.345 e. The number of aromatic amines is 1. The van der Waals surface area contributed by atoms with Crippen LogP contribution < -0.4 is 11.1 Å². The van der Waals surface area contributed by atoms with Crippen molar-refractivity contribution in [3.8, 4) is 0 Å². The highest BCUT2D eigenvalue weighted by Crippen LogP contribution is 2.27. The molecule has 4 N–H and O–H groups in total. The molecule has 1 fully saturated rings. The number of hydrogen-bond acceptors (Lipinski definition) is 3. The fourth-order valence-electron chi connectivity index (χ4n) is 2.13. The fraction of sp³-hybridized carbons (Fsp3) is 0.333. The number of carbonyl (C=O) groups is 1. The molecular weight excluding hydrogens is 216 g/mol. The molecule has 0 unspecified atom stereocenters. The van der Waals surface area contributed by atoms with Crippen LogP contribution in [0.2, 0.25) is 0 Å². The van der Waals surface area contributed by atoms with Crippen LogP contribution in [0.1, 0.15) is 12.8 Å². The third-order valence-electron chi connectivity index (χ3n) is 3.23. The Balaban J connectivity index is 1.73. The summed E-state index contributed by atoms with van der Waals surface area (Å²) in [5.41, 5.74) is 8.29. The fourth-order valence-corrected chi connectivity index (χ4v) is 2.13. The van der Waals surface area contributed by atoms with Gasteiger partial charge in [-0.15, -0.1) is 0 Å². The highest BCUT2D eigenvalue weighted by molar-refractivity contribution is 5.95. The summed E-state index contributed by atoms with van der Waals surface area (Å²) in [4.78, 5) is 19.0. The predicted molar refractivity (Wildman–Crippen MR) is 65.4 cm³/mol. The van der Waals surface area contributed by atoms with E-state index in [1.807, 2.05) is 18.2 Å². The Labute approximate surface area is 98.4 Å². The molecule has 1 aliphatic carbocycles. The second-order valence-electron chi connectivity index (χ2n) is 4.55. The first-order valence-electron chi connectivity index (χ1n) is 5.72. The lowest BCUT2D eigenvalue weighted by molar-refractivity contribution is -0.122. The van der Waals surface area contributed by atoms with Crippen molar-refractivity contribution in [2.45, 2.75) is 18.9 Å². The highest BCUT2D eigenvalue weighted by Gasteiger charge is 2.31. The first kappa shape index (κ1) is 10.3. The summed E-state index contributed by atoms with van der Waals surface area (Å²) in [6, 6.07) is 5.83. The molecule has 0 bridgehead atoms. The van der Waals surface area contributed by atoms with Gasteiger partial charge in [0.2, 0.25) is 5.91 Å². The van der Waals surface area contributed by atoms with Crippen molar-refractivity contribution in [1.82, 2.24) is 9.97 Å². The van der Waals surface area contributed by atoms with Gasteiger partial charge in [-0.25, -0.2) is 4.98 Å². The van der Waals surface area contributed by atoms with Crippen LogP contribution in [0.15, 0.2) is 24.5 Å². The summed E-state index contributed by atoms with van der Waals surface area (Å²) in [6.45, 7) is 0. The third-order valence-corrected chi connectivity index (χ3v) is 3.23. The number of anilines is 1. The molecule has 0 aliphatic heterocycles. The summed E-state index contributed by atoms with van der Waals surface area (Å²) < 4.78 is 0.